The molecule has 1 atom stereocenters. The normalized spacial score (nSPS) is 23.1. The lowest BCUT2D eigenvalue weighted by Crippen LogP contribution is -2.46. The monoisotopic (exact) mass is 255 g/mol. The fourth-order valence-electron chi connectivity index (χ4n) is 2.25. The Morgan fingerprint density at radius 2 is 2.00 bits per heavy atom. The summed E-state index contributed by atoms with van der Waals surface area (Å²) in [6.07, 6.45) is 4.74. The SMILES string of the molecule is O=C(O)[C@@H]1CCCN1C(=O)NCCCNC1CC1. The molecule has 1 aliphatic heterocycles. The van der Waals surface area contributed by atoms with Crippen molar-refractivity contribution in [3.05, 3.63) is 0 Å². The van der Waals surface area contributed by atoms with Gasteiger partial charge in [-0.05, 0) is 38.6 Å². The van der Waals surface area contributed by atoms with E-state index < -0.39 is 12.0 Å². The summed E-state index contributed by atoms with van der Waals surface area (Å²) in [5.74, 6) is -0.905. The fourth-order valence-corrected chi connectivity index (χ4v) is 2.25. The lowest BCUT2D eigenvalue weighted by molar-refractivity contribution is -0.141. The van der Waals surface area contributed by atoms with E-state index in [0.29, 0.717) is 25.6 Å². The summed E-state index contributed by atoms with van der Waals surface area (Å²) in [5.41, 5.74) is 0. The first-order valence-corrected chi connectivity index (χ1v) is 6.69. The van der Waals surface area contributed by atoms with Crippen molar-refractivity contribution in [2.45, 2.75) is 44.2 Å². The van der Waals surface area contributed by atoms with E-state index in [4.69, 9.17) is 5.11 Å². The van der Waals surface area contributed by atoms with Crippen LogP contribution < -0.4 is 10.6 Å². The van der Waals surface area contributed by atoms with Gasteiger partial charge in [-0.3, -0.25) is 0 Å². The molecule has 0 radical (unpaired) electrons. The molecule has 2 rings (SSSR count). The molecule has 0 aromatic rings. The minimum absolute atomic E-state index is 0.244. The van der Waals surface area contributed by atoms with E-state index in [9.17, 15) is 9.59 Å². The van der Waals surface area contributed by atoms with E-state index in [2.05, 4.69) is 10.6 Å². The lowest BCUT2D eigenvalue weighted by atomic mass is 10.2. The highest BCUT2D eigenvalue weighted by molar-refractivity contribution is 5.83. The molecule has 102 valence electrons. The van der Waals surface area contributed by atoms with Crippen molar-refractivity contribution < 1.29 is 14.7 Å². The number of urea groups is 1. The Morgan fingerprint density at radius 1 is 1.22 bits per heavy atom. The number of hydrogen-bond donors (Lipinski definition) is 3. The van der Waals surface area contributed by atoms with Crippen molar-refractivity contribution in [2.75, 3.05) is 19.6 Å². The second-order valence-corrected chi connectivity index (χ2v) is 5.00. The molecule has 1 saturated heterocycles. The first-order valence-electron chi connectivity index (χ1n) is 6.69. The molecule has 0 bridgehead atoms. The zero-order valence-corrected chi connectivity index (χ0v) is 10.5. The first kappa shape index (κ1) is 13.1. The van der Waals surface area contributed by atoms with Gasteiger partial charge in [-0.1, -0.05) is 0 Å². The maximum Gasteiger partial charge on any atom is 0.326 e. The van der Waals surface area contributed by atoms with Crippen LogP contribution in [0.2, 0.25) is 0 Å². The van der Waals surface area contributed by atoms with Gasteiger partial charge in [0.15, 0.2) is 0 Å². The van der Waals surface area contributed by atoms with Crippen LogP contribution in [0, 0.1) is 0 Å². The van der Waals surface area contributed by atoms with Crippen molar-refractivity contribution in [1.29, 1.82) is 0 Å². The molecular formula is C12H21N3O3. The van der Waals surface area contributed by atoms with Crippen LogP contribution in [0.1, 0.15) is 32.1 Å². The molecule has 0 aromatic heterocycles. The zero-order chi connectivity index (χ0) is 13.0. The number of carbonyl (C=O) groups excluding carboxylic acids is 1. The summed E-state index contributed by atoms with van der Waals surface area (Å²) in [7, 11) is 0. The van der Waals surface area contributed by atoms with Gasteiger partial charge in [0, 0.05) is 19.1 Å². The van der Waals surface area contributed by atoms with E-state index >= 15 is 0 Å². The third-order valence-electron chi connectivity index (χ3n) is 3.44. The highest BCUT2D eigenvalue weighted by Gasteiger charge is 2.33. The summed E-state index contributed by atoms with van der Waals surface area (Å²) in [6.45, 7) is 2.05. The molecule has 2 fully saturated rings. The largest absolute Gasteiger partial charge is 0.480 e. The Bertz CT molecular complexity index is 318. The Labute approximate surface area is 107 Å². The molecule has 6 heteroatoms. The molecule has 1 heterocycles. The van der Waals surface area contributed by atoms with Gasteiger partial charge in [0.25, 0.3) is 0 Å². The average Bonchev–Trinajstić information content (AvgIpc) is 3.02. The number of carboxylic acids is 1. The van der Waals surface area contributed by atoms with Gasteiger partial charge in [-0.15, -0.1) is 0 Å². The van der Waals surface area contributed by atoms with Gasteiger partial charge >= 0.3 is 12.0 Å². The number of aliphatic carboxylic acids is 1. The van der Waals surface area contributed by atoms with E-state index in [1.54, 1.807) is 0 Å². The first-order chi connectivity index (χ1) is 8.68. The van der Waals surface area contributed by atoms with Crippen LogP contribution in [0.15, 0.2) is 0 Å². The summed E-state index contributed by atoms with van der Waals surface area (Å²) < 4.78 is 0. The molecule has 1 saturated carbocycles. The topological polar surface area (TPSA) is 81.7 Å². The summed E-state index contributed by atoms with van der Waals surface area (Å²) >= 11 is 0. The number of amides is 2. The Hall–Kier alpha value is -1.30. The number of likely N-dealkylation sites (tertiary alicyclic amines) is 1. The van der Waals surface area contributed by atoms with Crippen molar-refractivity contribution in [2.24, 2.45) is 0 Å². The second kappa shape index (κ2) is 6.04. The van der Waals surface area contributed by atoms with Gasteiger partial charge < -0.3 is 20.6 Å². The van der Waals surface area contributed by atoms with Crippen molar-refractivity contribution in [1.82, 2.24) is 15.5 Å². The Kier molecular flexibility index (Phi) is 4.41. The van der Waals surface area contributed by atoms with Gasteiger partial charge in [0.1, 0.15) is 6.04 Å². The third kappa shape index (κ3) is 3.60. The highest BCUT2D eigenvalue weighted by atomic mass is 16.4. The van der Waals surface area contributed by atoms with Crippen LogP contribution in [-0.4, -0.2) is 53.7 Å². The van der Waals surface area contributed by atoms with Crippen LogP contribution in [0.3, 0.4) is 0 Å². The van der Waals surface area contributed by atoms with Crippen molar-refractivity contribution in [3.63, 3.8) is 0 Å². The quantitative estimate of drug-likeness (QED) is 0.600. The number of rotatable bonds is 6. The molecule has 0 aromatic carbocycles. The van der Waals surface area contributed by atoms with Crippen LogP contribution in [0.5, 0.6) is 0 Å². The van der Waals surface area contributed by atoms with Crippen molar-refractivity contribution >= 4 is 12.0 Å². The third-order valence-corrected chi connectivity index (χ3v) is 3.44. The molecule has 0 unspecified atom stereocenters. The van der Waals surface area contributed by atoms with Crippen molar-refractivity contribution in [3.8, 4) is 0 Å². The van der Waals surface area contributed by atoms with Crippen LogP contribution in [0.25, 0.3) is 0 Å². The smallest absolute Gasteiger partial charge is 0.326 e. The minimum Gasteiger partial charge on any atom is -0.480 e. The number of carbonyl (C=O) groups is 2. The molecule has 0 spiro atoms. The highest BCUT2D eigenvalue weighted by Crippen LogP contribution is 2.18. The van der Waals surface area contributed by atoms with Gasteiger partial charge in [-0.25, -0.2) is 9.59 Å². The van der Waals surface area contributed by atoms with Gasteiger partial charge in [-0.2, -0.15) is 0 Å². The molecule has 18 heavy (non-hydrogen) atoms. The lowest BCUT2D eigenvalue weighted by Gasteiger charge is -2.21. The van der Waals surface area contributed by atoms with E-state index in [0.717, 1.165) is 19.4 Å². The molecule has 2 amide bonds. The standard InChI is InChI=1S/C12H21N3O3/c16-11(17)10-3-1-8-15(10)12(18)14-7-2-6-13-9-4-5-9/h9-10,13H,1-8H2,(H,14,18)(H,16,17)/t10-/m0/s1. The predicted octanol–water partition coefficient (Wildman–Crippen LogP) is 0.387. The maximum atomic E-state index is 11.8. The minimum atomic E-state index is -0.905. The second-order valence-electron chi connectivity index (χ2n) is 5.00. The van der Waals surface area contributed by atoms with Gasteiger partial charge in [0.05, 0.1) is 0 Å². The molecule has 3 N–H and O–H groups in total. The predicted molar refractivity (Wildman–Crippen MR) is 66.4 cm³/mol. The van der Waals surface area contributed by atoms with Crippen LogP contribution in [-0.2, 0) is 4.79 Å². The maximum absolute atomic E-state index is 11.8. The average molecular weight is 255 g/mol. The number of hydrogen-bond acceptors (Lipinski definition) is 3. The Balaban J connectivity index is 1.62. The molecule has 1 aliphatic carbocycles. The van der Waals surface area contributed by atoms with Gasteiger partial charge in [0.2, 0.25) is 0 Å². The Morgan fingerprint density at radius 3 is 2.67 bits per heavy atom. The molecular weight excluding hydrogens is 234 g/mol. The van der Waals surface area contributed by atoms with E-state index in [1.807, 2.05) is 0 Å². The van der Waals surface area contributed by atoms with E-state index in [-0.39, 0.29) is 6.03 Å². The van der Waals surface area contributed by atoms with Crippen LogP contribution >= 0.6 is 0 Å². The summed E-state index contributed by atoms with van der Waals surface area (Å²) in [5, 5.41) is 15.1. The summed E-state index contributed by atoms with van der Waals surface area (Å²) in [4.78, 5) is 24.2. The summed E-state index contributed by atoms with van der Waals surface area (Å²) in [6, 6.07) is -0.198. The number of nitrogens with zero attached hydrogens (tertiary/aromatic N) is 1. The van der Waals surface area contributed by atoms with E-state index in [1.165, 1.54) is 17.7 Å². The fraction of sp³-hybridized carbons (Fsp3) is 0.833. The zero-order valence-electron chi connectivity index (χ0n) is 10.5. The number of nitrogens with one attached hydrogen (secondary N) is 2. The van der Waals surface area contributed by atoms with Crippen LogP contribution in [0.4, 0.5) is 4.79 Å². The molecule has 6 nitrogen and oxygen atoms in total. The molecule has 2 aliphatic rings. The number of carboxylic acid groups (broad SMARTS) is 1.